The average Bonchev–Trinajstić information content (AvgIpc) is 3.36. The number of alkyl halides is 2. The van der Waals surface area contributed by atoms with E-state index in [-0.39, 0.29) is 60.2 Å². The molecule has 4 aliphatic heterocycles. The van der Waals surface area contributed by atoms with Gasteiger partial charge in [-0.25, -0.2) is 13.2 Å². The summed E-state index contributed by atoms with van der Waals surface area (Å²) in [6.45, 7) is 1.74. The molecule has 0 N–H and O–H groups in total. The minimum atomic E-state index is -1.04. The molecule has 4 aliphatic rings. The van der Waals surface area contributed by atoms with Crippen molar-refractivity contribution in [3.8, 4) is 11.9 Å². The Labute approximate surface area is 181 Å². The standard InChI is InChI=1S/C20H21ClF3N5O2/c21-16-14(24)15-13-17(29-7-10(22)4-12(29)8-30-18(13)26-16)27-19(25-15)31-9-20-2-1-3-28(20)6-11(23)5-20/h10-12H,1-9H2/t10-,11-,12+,20+/m1/s1. The average molecular weight is 456 g/mol. The molecule has 0 aromatic carbocycles. The van der Waals surface area contributed by atoms with Gasteiger partial charge in [-0.05, 0) is 19.4 Å². The smallest absolute Gasteiger partial charge is 0.319 e. The molecule has 2 aromatic heterocycles. The number of hydrogen-bond acceptors (Lipinski definition) is 7. The quantitative estimate of drug-likeness (QED) is 0.659. The Morgan fingerprint density at radius 1 is 1.19 bits per heavy atom. The van der Waals surface area contributed by atoms with Crippen molar-refractivity contribution in [2.45, 2.75) is 49.6 Å². The molecule has 11 heteroatoms. The molecule has 31 heavy (non-hydrogen) atoms. The van der Waals surface area contributed by atoms with Crippen LogP contribution in [0.1, 0.15) is 25.7 Å². The number of rotatable bonds is 3. The van der Waals surface area contributed by atoms with Crippen LogP contribution < -0.4 is 14.4 Å². The van der Waals surface area contributed by atoms with Crippen molar-refractivity contribution in [3.05, 3.63) is 11.0 Å². The van der Waals surface area contributed by atoms with E-state index in [0.29, 0.717) is 18.8 Å². The minimum Gasteiger partial charge on any atom is -0.475 e. The molecule has 3 fully saturated rings. The van der Waals surface area contributed by atoms with Crippen LogP contribution in [0.3, 0.4) is 0 Å². The highest BCUT2D eigenvalue weighted by Crippen LogP contribution is 2.43. The summed E-state index contributed by atoms with van der Waals surface area (Å²) >= 11 is 5.98. The highest BCUT2D eigenvalue weighted by atomic mass is 35.5. The molecule has 0 saturated carbocycles. The van der Waals surface area contributed by atoms with Gasteiger partial charge in [-0.1, -0.05) is 11.6 Å². The van der Waals surface area contributed by atoms with E-state index in [9.17, 15) is 13.2 Å². The van der Waals surface area contributed by atoms with E-state index in [1.54, 1.807) is 4.90 Å². The van der Waals surface area contributed by atoms with Crippen molar-refractivity contribution in [1.82, 2.24) is 19.9 Å². The lowest BCUT2D eigenvalue weighted by Gasteiger charge is -2.31. The fourth-order valence-electron chi connectivity index (χ4n) is 5.55. The topological polar surface area (TPSA) is 63.6 Å². The molecule has 0 spiro atoms. The van der Waals surface area contributed by atoms with E-state index in [0.717, 1.165) is 19.4 Å². The van der Waals surface area contributed by atoms with Gasteiger partial charge in [0.05, 0.1) is 18.1 Å². The minimum absolute atomic E-state index is 0.0406. The van der Waals surface area contributed by atoms with Gasteiger partial charge in [-0.3, -0.25) is 4.90 Å². The van der Waals surface area contributed by atoms with Gasteiger partial charge in [0, 0.05) is 19.4 Å². The third kappa shape index (κ3) is 3.01. The van der Waals surface area contributed by atoms with E-state index in [2.05, 4.69) is 19.9 Å². The monoisotopic (exact) mass is 455 g/mol. The maximum Gasteiger partial charge on any atom is 0.319 e. The number of aromatic nitrogens is 3. The van der Waals surface area contributed by atoms with E-state index >= 15 is 0 Å². The number of ether oxygens (including phenoxy) is 2. The van der Waals surface area contributed by atoms with Gasteiger partial charge in [-0.15, -0.1) is 0 Å². The number of halogens is 4. The lowest BCUT2D eigenvalue weighted by Crippen LogP contribution is -2.43. The molecule has 4 atom stereocenters. The number of hydrogen-bond donors (Lipinski definition) is 0. The number of fused-ring (bicyclic) bond motifs is 3. The summed E-state index contributed by atoms with van der Waals surface area (Å²) in [5, 5.41) is -0.101. The zero-order chi connectivity index (χ0) is 21.3. The highest BCUT2D eigenvalue weighted by molar-refractivity contribution is 6.30. The molecule has 6 rings (SSSR count). The van der Waals surface area contributed by atoms with Crippen molar-refractivity contribution in [2.24, 2.45) is 0 Å². The molecular weight excluding hydrogens is 435 g/mol. The zero-order valence-electron chi connectivity index (χ0n) is 16.7. The maximum atomic E-state index is 14.9. The third-order valence-electron chi connectivity index (χ3n) is 6.95. The second-order valence-corrected chi connectivity index (χ2v) is 9.25. The molecule has 166 valence electrons. The van der Waals surface area contributed by atoms with E-state index < -0.39 is 23.7 Å². The fraction of sp³-hybridized carbons (Fsp3) is 0.650. The van der Waals surface area contributed by atoms with Gasteiger partial charge in [0.15, 0.2) is 11.0 Å². The maximum absolute atomic E-state index is 14.9. The zero-order valence-corrected chi connectivity index (χ0v) is 17.4. The second-order valence-electron chi connectivity index (χ2n) is 8.89. The summed E-state index contributed by atoms with van der Waals surface area (Å²) < 4.78 is 54.8. The molecule has 7 nitrogen and oxygen atoms in total. The highest BCUT2D eigenvalue weighted by Gasteiger charge is 2.49. The first kappa shape index (κ1) is 19.6. The van der Waals surface area contributed by atoms with Gasteiger partial charge in [-0.2, -0.15) is 15.0 Å². The summed E-state index contributed by atoms with van der Waals surface area (Å²) in [4.78, 5) is 16.7. The molecule has 2 aromatic rings. The predicted octanol–water partition coefficient (Wildman–Crippen LogP) is 3.08. The van der Waals surface area contributed by atoms with E-state index in [1.807, 2.05) is 0 Å². The van der Waals surface area contributed by atoms with Crippen LogP contribution in [0.15, 0.2) is 0 Å². The molecule has 3 saturated heterocycles. The number of nitrogens with zero attached hydrogens (tertiary/aromatic N) is 5. The normalized spacial score (nSPS) is 32.1. The van der Waals surface area contributed by atoms with Gasteiger partial charge in [0.25, 0.3) is 0 Å². The predicted molar refractivity (Wildman–Crippen MR) is 107 cm³/mol. The van der Waals surface area contributed by atoms with Crippen LogP contribution >= 0.6 is 11.6 Å². The summed E-state index contributed by atoms with van der Waals surface area (Å²) in [6.07, 6.45) is 0.549. The van der Waals surface area contributed by atoms with Crippen molar-refractivity contribution >= 4 is 28.3 Å². The Balaban J connectivity index is 1.42. The van der Waals surface area contributed by atoms with Crippen molar-refractivity contribution in [1.29, 1.82) is 0 Å². The van der Waals surface area contributed by atoms with Crippen LogP contribution in [-0.4, -0.2) is 76.6 Å². The molecule has 0 radical (unpaired) electrons. The van der Waals surface area contributed by atoms with Crippen LogP contribution in [0.2, 0.25) is 5.15 Å². The molecule has 0 amide bonds. The molecular formula is C20H21ClF3N5O2. The summed E-state index contributed by atoms with van der Waals surface area (Å²) in [6, 6.07) is -0.302. The second kappa shape index (κ2) is 6.96. The van der Waals surface area contributed by atoms with Crippen LogP contribution in [0, 0.1) is 5.82 Å². The fourth-order valence-corrected chi connectivity index (χ4v) is 5.72. The lowest BCUT2D eigenvalue weighted by atomic mass is 9.95. The summed E-state index contributed by atoms with van der Waals surface area (Å²) in [5.74, 6) is -0.349. The molecule has 0 bridgehead atoms. The Morgan fingerprint density at radius 3 is 2.94 bits per heavy atom. The van der Waals surface area contributed by atoms with Crippen LogP contribution in [0.5, 0.6) is 11.9 Å². The number of anilines is 1. The van der Waals surface area contributed by atoms with Crippen LogP contribution in [0.25, 0.3) is 10.9 Å². The van der Waals surface area contributed by atoms with E-state index in [4.69, 9.17) is 21.1 Å². The Morgan fingerprint density at radius 2 is 2.06 bits per heavy atom. The summed E-state index contributed by atoms with van der Waals surface area (Å²) in [5.41, 5.74) is -0.470. The Hall–Kier alpha value is -2.07. The van der Waals surface area contributed by atoms with Gasteiger partial charge >= 0.3 is 6.01 Å². The van der Waals surface area contributed by atoms with Crippen LogP contribution in [0.4, 0.5) is 19.0 Å². The summed E-state index contributed by atoms with van der Waals surface area (Å²) in [7, 11) is 0. The Kier molecular flexibility index (Phi) is 4.40. The molecule has 6 heterocycles. The van der Waals surface area contributed by atoms with Gasteiger partial charge in [0.2, 0.25) is 5.88 Å². The number of pyridine rings is 1. The lowest BCUT2D eigenvalue weighted by molar-refractivity contribution is 0.107. The van der Waals surface area contributed by atoms with Crippen molar-refractivity contribution in [3.63, 3.8) is 0 Å². The molecule has 0 unspecified atom stereocenters. The first-order valence-corrected chi connectivity index (χ1v) is 10.9. The first-order chi connectivity index (χ1) is 14.9. The first-order valence-electron chi connectivity index (χ1n) is 10.6. The third-order valence-corrected chi connectivity index (χ3v) is 7.20. The van der Waals surface area contributed by atoms with Crippen molar-refractivity contribution < 1.29 is 22.6 Å². The molecule has 0 aliphatic carbocycles. The largest absolute Gasteiger partial charge is 0.475 e. The van der Waals surface area contributed by atoms with Crippen LogP contribution in [-0.2, 0) is 0 Å². The van der Waals surface area contributed by atoms with E-state index in [1.165, 1.54) is 0 Å². The van der Waals surface area contributed by atoms with Gasteiger partial charge < -0.3 is 14.4 Å². The Bertz CT molecular complexity index is 1060. The SMILES string of the molecule is Fc1c(Cl)nc2c3c(nc(OC[C@@]45CCCN4C[C@H](F)C5)nc13)N1C[C@H](F)C[C@H]1CO2. The van der Waals surface area contributed by atoms with Gasteiger partial charge in [0.1, 0.15) is 42.3 Å². The van der Waals surface area contributed by atoms with Crippen molar-refractivity contribution in [2.75, 3.05) is 37.7 Å².